The van der Waals surface area contributed by atoms with Gasteiger partial charge in [0.2, 0.25) is 11.8 Å². The van der Waals surface area contributed by atoms with Crippen molar-refractivity contribution in [2.75, 3.05) is 20.8 Å². The Morgan fingerprint density at radius 1 is 1.30 bits per heavy atom. The number of nitrogens with two attached hydrogens (primary N) is 1. The van der Waals surface area contributed by atoms with Gasteiger partial charge in [-0.2, -0.15) is 0 Å². The lowest BCUT2D eigenvalue weighted by Crippen LogP contribution is -2.27. The molecule has 0 aromatic heterocycles. The third-order valence-electron chi connectivity index (χ3n) is 3.00. The minimum Gasteiger partial charge on any atom is -0.497 e. The maximum atomic E-state index is 11.9. The summed E-state index contributed by atoms with van der Waals surface area (Å²) in [7, 11) is 3.10. The predicted molar refractivity (Wildman–Crippen MR) is 81.2 cm³/mol. The first-order valence-corrected chi connectivity index (χ1v) is 6.83. The van der Waals surface area contributed by atoms with E-state index in [1.54, 1.807) is 38.3 Å². The van der Waals surface area contributed by atoms with Crippen molar-refractivity contribution in [2.45, 2.75) is 6.92 Å². The smallest absolute Gasteiger partial charge is 0.349 e. The van der Waals surface area contributed by atoms with Crippen LogP contribution in [0, 0.1) is 0 Å². The summed E-state index contributed by atoms with van der Waals surface area (Å²) in [4.78, 5) is 23.5. The molecule has 0 aliphatic carbocycles. The summed E-state index contributed by atoms with van der Waals surface area (Å²) >= 11 is 0. The standard InChI is InChI=1S/C15H17N3O5/c1-4-22-15(20)11(12(16)19)14-18(2)17-13(23-14)9-5-7-10(21-3)8-6-9/h5-8H,4H2,1-3H3,(H2,16,19). The summed E-state index contributed by atoms with van der Waals surface area (Å²) in [5, 5.41) is 5.42. The topological polar surface area (TPSA) is 103 Å². The van der Waals surface area contributed by atoms with Crippen LogP contribution in [0.1, 0.15) is 12.5 Å². The molecule has 0 bridgehead atoms. The molecule has 1 amide bonds. The number of methoxy groups -OCH3 is 1. The van der Waals surface area contributed by atoms with Gasteiger partial charge in [-0.15, -0.1) is 5.10 Å². The second-order valence-electron chi connectivity index (χ2n) is 4.52. The molecule has 0 spiro atoms. The van der Waals surface area contributed by atoms with Crippen molar-refractivity contribution >= 4 is 17.8 Å². The number of amides is 1. The molecule has 1 aromatic carbocycles. The van der Waals surface area contributed by atoms with E-state index in [1.165, 1.54) is 12.1 Å². The zero-order valence-corrected chi connectivity index (χ0v) is 13.0. The lowest BCUT2D eigenvalue weighted by atomic mass is 10.2. The molecule has 0 radical (unpaired) electrons. The summed E-state index contributed by atoms with van der Waals surface area (Å²) in [6, 6.07) is 6.96. The van der Waals surface area contributed by atoms with Crippen molar-refractivity contribution in [1.82, 2.24) is 5.01 Å². The minimum atomic E-state index is -0.948. The van der Waals surface area contributed by atoms with Crippen molar-refractivity contribution in [3.8, 4) is 5.75 Å². The second-order valence-corrected chi connectivity index (χ2v) is 4.52. The molecular formula is C15H17N3O5. The summed E-state index contributed by atoms with van der Waals surface area (Å²) in [5.41, 5.74) is 5.53. The Balaban J connectivity index is 2.32. The van der Waals surface area contributed by atoms with Gasteiger partial charge in [0.15, 0.2) is 5.57 Å². The van der Waals surface area contributed by atoms with Crippen molar-refractivity contribution in [3.63, 3.8) is 0 Å². The van der Waals surface area contributed by atoms with Crippen molar-refractivity contribution in [1.29, 1.82) is 0 Å². The van der Waals surface area contributed by atoms with E-state index in [0.717, 1.165) is 0 Å². The van der Waals surface area contributed by atoms with Gasteiger partial charge in [-0.25, -0.2) is 9.80 Å². The third-order valence-corrected chi connectivity index (χ3v) is 3.00. The Hall–Kier alpha value is -3.03. The molecule has 2 N–H and O–H groups in total. The zero-order valence-electron chi connectivity index (χ0n) is 13.0. The molecule has 23 heavy (non-hydrogen) atoms. The van der Waals surface area contributed by atoms with Crippen LogP contribution in [0.3, 0.4) is 0 Å². The highest BCUT2D eigenvalue weighted by Gasteiger charge is 2.32. The monoisotopic (exact) mass is 319 g/mol. The number of rotatable bonds is 5. The number of esters is 1. The van der Waals surface area contributed by atoms with Gasteiger partial charge in [-0.3, -0.25) is 4.79 Å². The fourth-order valence-corrected chi connectivity index (χ4v) is 1.92. The van der Waals surface area contributed by atoms with E-state index in [4.69, 9.17) is 19.9 Å². The van der Waals surface area contributed by atoms with Crippen LogP contribution in [0.5, 0.6) is 5.75 Å². The Morgan fingerprint density at radius 3 is 2.48 bits per heavy atom. The molecule has 0 unspecified atom stereocenters. The number of hydrazone groups is 1. The van der Waals surface area contributed by atoms with Crippen molar-refractivity contribution in [3.05, 3.63) is 41.3 Å². The van der Waals surface area contributed by atoms with Crippen molar-refractivity contribution < 1.29 is 23.8 Å². The van der Waals surface area contributed by atoms with E-state index in [2.05, 4.69) is 5.10 Å². The Bertz CT molecular complexity index is 679. The van der Waals surface area contributed by atoms with E-state index in [1.807, 2.05) is 0 Å². The molecule has 122 valence electrons. The van der Waals surface area contributed by atoms with E-state index in [9.17, 15) is 9.59 Å². The average Bonchev–Trinajstić information content (AvgIpc) is 2.89. The summed E-state index contributed by atoms with van der Waals surface area (Å²) in [6.07, 6.45) is 0. The molecule has 0 saturated heterocycles. The largest absolute Gasteiger partial charge is 0.497 e. The third kappa shape index (κ3) is 3.42. The molecule has 0 fully saturated rings. The Labute approximate surface area is 133 Å². The highest BCUT2D eigenvalue weighted by molar-refractivity contribution is 6.16. The maximum absolute atomic E-state index is 11.9. The number of benzene rings is 1. The van der Waals surface area contributed by atoms with Gasteiger partial charge in [0, 0.05) is 12.6 Å². The first-order chi connectivity index (χ1) is 11.0. The quantitative estimate of drug-likeness (QED) is 0.368. The van der Waals surface area contributed by atoms with Gasteiger partial charge in [-0.1, -0.05) is 0 Å². The van der Waals surface area contributed by atoms with Gasteiger partial charge in [0.25, 0.3) is 5.91 Å². The van der Waals surface area contributed by atoms with Crippen LogP contribution < -0.4 is 10.5 Å². The van der Waals surface area contributed by atoms with Gasteiger partial charge in [-0.05, 0) is 31.2 Å². The highest BCUT2D eigenvalue weighted by atomic mass is 16.5. The molecule has 1 aliphatic rings. The first kappa shape index (κ1) is 16.3. The van der Waals surface area contributed by atoms with Gasteiger partial charge in [0.1, 0.15) is 5.75 Å². The summed E-state index contributed by atoms with van der Waals surface area (Å²) in [5.74, 6) is -0.958. The lowest BCUT2D eigenvalue weighted by Gasteiger charge is -2.11. The molecule has 8 heteroatoms. The van der Waals surface area contributed by atoms with E-state index in [-0.39, 0.29) is 24.0 Å². The molecular weight excluding hydrogens is 302 g/mol. The van der Waals surface area contributed by atoms with Crippen LogP contribution in [-0.2, 0) is 19.1 Å². The van der Waals surface area contributed by atoms with Crippen LogP contribution in [-0.4, -0.2) is 43.5 Å². The normalized spacial score (nSPS) is 15.6. The second kappa shape index (κ2) is 6.82. The molecule has 0 atom stereocenters. The van der Waals surface area contributed by atoms with Crippen LogP contribution in [0.25, 0.3) is 0 Å². The zero-order chi connectivity index (χ0) is 17.0. The molecule has 2 rings (SSSR count). The minimum absolute atomic E-state index is 0.0678. The average molecular weight is 319 g/mol. The Kier molecular flexibility index (Phi) is 4.85. The highest BCUT2D eigenvalue weighted by Crippen LogP contribution is 2.23. The SMILES string of the molecule is CCOC(=O)C(C(N)=O)=C1OC(c2ccc(OC)cc2)=NN1C. The number of carbonyl (C=O) groups excluding carboxylic acids is 2. The molecule has 1 aromatic rings. The van der Waals surface area contributed by atoms with Crippen LogP contribution in [0.15, 0.2) is 40.8 Å². The van der Waals surface area contributed by atoms with E-state index in [0.29, 0.717) is 11.3 Å². The number of ether oxygens (including phenoxy) is 3. The summed E-state index contributed by atoms with van der Waals surface area (Å²) < 4.78 is 15.4. The van der Waals surface area contributed by atoms with E-state index < -0.39 is 11.9 Å². The van der Waals surface area contributed by atoms with Gasteiger partial charge < -0.3 is 19.9 Å². The number of nitrogens with zero attached hydrogens (tertiary/aromatic N) is 2. The van der Waals surface area contributed by atoms with Crippen LogP contribution >= 0.6 is 0 Å². The molecule has 1 heterocycles. The van der Waals surface area contributed by atoms with Gasteiger partial charge >= 0.3 is 5.97 Å². The van der Waals surface area contributed by atoms with Crippen LogP contribution in [0.2, 0.25) is 0 Å². The fraction of sp³-hybridized carbons (Fsp3) is 0.267. The fourth-order valence-electron chi connectivity index (χ4n) is 1.92. The Morgan fingerprint density at radius 2 is 1.96 bits per heavy atom. The number of carbonyl (C=O) groups is 2. The lowest BCUT2D eigenvalue weighted by molar-refractivity contribution is -0.140. The predicted octanol–water partition coefficient (Wildman–Crippen LogP) is 0.579. The van der Waals surface area contributed by atoms with Gasteiger partial charge in [0.05, 0.1) is 13.7 Å². The van der Waals surface area contributed by atoms with E-state index >= 15 is 0 Å². The first-order valence-electron chi connectivity index (χ1n) is 6.83. The molecule has 0 saturated carbocycles. The van der Waals surface area contributed by atoms with Crippen LogP contribution in [0.4, 0.5) is 0 Å². The number of primary amides is 1. The number of hydrogen-bond donors (Lipinski definition) is 1. The molecule has 1 aliphatic heterocycles. The summed E-state index contributed by atoms with van der Waals surface area (Å²) in [6.45, 7) is 1.73. The number of hydrogen-bond acceptors (Lipinski definition) is 7. The maximum Gasteiger partial charge on any atom is 0.349 e. The molecule has 8 nitrogen and oxygen atoms in total. The van der Waals surface area contributed by atoms with Crippen molar-refractivity contribution in [2.24, 2.45) is 10.8 Å².